The number of ketones is 2. The average molecular weight is 469 g/mol. The van der Waals surface area contributed by atoms with E-state index in [1.807, 2.05) is 6.92 Å². The normalized spacial score (nSPS) is 12.3. The number of nitrogens with zero attached hydrogens (tertiary/aromatic N) is 1. The smallest absolute Gasteiger partial charge is 0.345 e. The second-order valence-electron chi connectivity index (χ2n) is 8.01. The van der Waals surface area contributed by atoms with Gasteiger partial charge in [-0.1, -0.05) is 36.4 Å². The lowest BCUT2D eigenvalue weighted by atomic mass is 9.82. The van der Waals surface area contributed by atoms with Crippen molar-refractivity contribution in [2.75, 3.05) is 0 Å². The summed E-state index contributed by atoms with van der Waals surface area (Å²) < 4.78 is 10.5. The largest absolute Gasteiger partial charge is 0.457 e. The summed E-state index contributed by atoms with van der Waals surface area (Å²) in [7, 11) is 0. The van der Waals surface area contributed by atoms with Gasteiger partial charge in [0.15, 0.2) is 5.78 Å². The van der Waals surface area contributed by atoms with Gasteiger partial charge in [0, 0.05) is 33.7 Å². The Morgan fingerprint density at radius 3 is 2.37 bits per heavy atom. The van der Waals surface area contributed by atoms with Crippen LogP contribution in [0.15, 0.2) is 69.9 Å². The molecule has 0 unspecified atom stereocenters. The Kier molecular flexibility index (Phi) is 5.09. The highest BCUT2D eigenvalue weighted by Gasteiger charge is 2.39. The number of nitro benzene ring substituents is 1. The molecule has 0 fully saturated rings. The number of nitro groups is 1. The summed E-state index contributed by atoms with van der Waals surface area (Å²) in [4.78, 5) is 61.9. The SMILES string of the molecule is Cc1ccc2c(COC(=O)c3ccc4c(c3[N+](=O)[O-])C(=O)c3ccccc3C4=O)cc(=O)oc2c1. The predicted octanol–water partition coefficient (Wildman–Crippen LogP) is 4.14. The van der Waals surface area contributed by atoms with E-state index < -0.39 is 44.9 Å². The first-order valence-corrected chi connectivity index (χ1v) is 10.5. The second kappa shape index (κ2) is 8.14. The summed E-state index contributed by atoms with van der Waals surface area (Å²) in [6.45, 7) is 1.46. The van der Waals surface area contributed by atoms with Gasteiger partial charge in [0.1, 0.15) is 23.3 Å². The van der Waals surface area contributed by atoms with E-state index in [4.69, 9.17) is 9.15 Å². The minimum atomic E-state index is -1.08. The number of ether oxygens (including phenoxy) is 1. The number of hydrogen-bond donors (Lipinski definition) is 0. The number of benzene rings is 3. The molecule has 1 heterocycles. The van der Waals surface area contributed by atoms with E-state index in [0.717, 1.165) is 11.6 Å². The average Bonchev–Trinajstić information content (AvgIpc) is 2.84. The molecule has 0 aliphatic heterocycles. The van der Waals surface area contributed by atoms with Crippen LogP contribution in [0, 0.1) is 17.0 Å². The van der Waals surface area contributed by atoms with Crippen LogP contribution in [0.5, 0.6) is 0 Å². The zero-order valence-electron chi connectivity index (χ0n) is 18.2. The molecule has 5 rings (SSSR count). The third-order valence-corrected chi connectivity index (χ3v) is 5.81. The quantitative estimate of drug-likeness (QED) is 0.166. The Morgan fingerprint density at radius 1 is 0.943 bits per heavy atom. The topological polar surface area (TPSA) is 134 Å². The summed E-state index contributed by atoms with van der Waals surface area (Å²) in [5.74, 6) is -2.35. The highest BCUT2D eigenvalue weighted by Crippen LogP contribution is 2.36. The highest BCUT2D eigenvalue weighted by molar-refractivity contribution is 6.30. The fourth-order valence-electron chi connectivity index (χ4n) is 4.20. The molecule has 4 aromatic rings. The van der Waals surface area contributed by atoms with E-state index in [0.29, 0.717) is 16.5 Å². The Labute approximate surface area is 196 Å². The Hall–Kier alpha value is -4.92. The summed E-state index contributed by atoms with van der Waals surface area (Å²) >= 11 is 0. The monoisotopic (exact) mass is 469 g/mol. The van der Waals surface area contributed by atoms with Gasteiger partial charge < -0.3 is 9.15 Å². The van der Waals surface area contributed by atoms with Crippen molar-refractivity contribution in [3.05, 3.63) is 120 Å². The Balaban J connectivity index is 1.54. The molecule has 0 bridgehead atoms. The van der Waals surface area contributed by atoms with E-state index in [1.165, 1.54) is 24.3 Å². The lowest BCUT2D eigenvalue weighted by molar-refractivity contribution is -0.385. The van der Waals surface area contributed by atoms with Crippen molar-refractivity contribution in [1.82, 2.24) is 0 Å². The van der Waals surface area contributed by atoms with Gasteiger partial charge in [0.2, 0.25) is 5.78 Å². The molecule has 3 aromatic carbocycles. The molecule has 35 heavy (non-hydrogen) atoms. The molecule has 0 radical (unpaired) electrons. The number of fused-ring (bicyclic) bond motifs is 3. The zero-order valence-corrected chi connectivity index (χ0v) is 18.2. The molecule has 1 aliphatic carbocycles. The number of rotatable bonds is 4. The fourth-order valence-corrected chi connectivity index (χ4v) is 4.20. The molecule has 9 nitrogen and oxygen atoms in total. The third kappa shape index (κ3) is 3.59. The van der Waals surface area contributed by atoms with Crippen molar-refractivity contribution in [2.24, 2.45) is 0 Å². The first-order chi connectivity index (χ1) is 16.8. The van der Waals surface area contributed by atoms with Gasteiger partial charge in [-0.25, -0.2) is 9.59 Å². The predicted molar refractivity (Wildman–Crippen MR) is 123 cm³/mol. The summed E-state index contributed by atoms with van der Waals surface area (Å²) in [5.41, 5.74) is -0.830. The van der Waals surface area contributed by atoms with Crippen LogP contribution in [0.2, 0.25) is 0 Å². The molecule has 0 N–H and O–H groups in total. The number of esters is 1. The minimum absolute atomic E-state index is 0.0244. The van der Waals surface area contributed by atoms with Crippen LogP contribution in [0.1, 0.15) is 53.3 Å². The highest BCUT2D eigenvalue weighted by atomic mass is 16.6. The van der Waals surface area contributed by atoms with E-state index in [9.17, 15) is 29.3 Å². The van der Waals surface area contributed by atoms with Gasteiger partial charge in [-0.15, -0.1) is 0 Å². The summed E-state index contributed by atoms with van der Waals surface area (Å²) in [6, 6.07) is 14.6. The second-order valence-corrected chi connectivity index (χ2v) is 8.01. The van der Waals surface area contributed by atoms with Gasteiger partial charge in [0.25, 0.3) is 5.69 Å². The van der Waals surface area contributed by atoms with Crippen LogP contribution in [0.3, 0.4) is 0 Å². The molecule has 1 aromatic heterocycles. The summed E-state index contributed by atoms with van der Waals surface area (Å²) in [6.07, 6.45) is 0. The molecular weight excluding hydrogens is 454 g/mol. The van der Waals surface area contributed by atoms with Crippen LogP contribution in [-0.2, 0) is 11.3 Å². The lowest BCUT2D eigenvalue weighted by Crippen LogP contribution is -2.23. The van der Waals surface area contributed by atoms with E-state index in [-0.39, 0.29) is 23.3 Å². The maximum absolute atomic E-state index is 13.1. The number of hydrogen-bond acceptors (Lipinski definition) is 8. The fraction of sp³-hybridized carbons (Fsp3) is 0.0769. The van der Waals surface area contributed by atoms with Crippen molar-refractivity contribution in [2.45, 2.75) is 13.5 Å². The van der Waals surface area contributed by atoms with Crippen molar-refractivity contribution in [1.29, 1.82) is 0 Å². The van der Waals surface area contributed by atoms with Crippen LogP contribution < -0.4 is 5.63 Å². The molecule has 0 saturated heterocycles. The number of carbonyl (C=O) groups excluding carboxylic acids is 3. The van der Waals surface area contributed by atoms with Gasteiger partial charge >= 0.3 is 11.6 Å². The van der Waals surface area contributed by atoms with Gasteiger partial charge in [-0.2, -0.15) is 0 Å². The van der Waals surface area contributed by atoms with E-state index >= 15 is 0 Å². The Bertz CT molecular complexity index is 1660. The van der Waals surface area contributed by atoms with Gasteiger partial charge in [-0.3, -0.25) is 19.7 Å². The first kappa shape index (κ1) is 21.9. The van der Waals surface area contributed by atoms with Crippen molar-refractivity contribution >= 4 is 34.2 Å². The third-order valence-electron chi connectivity index (χ3n) is 5.81. The molecule has 0 spiro atoms. The molecule has 9 heteroatoms. The van der Waals surface area contributed by atoms with Crippen molar-refractivity contribution in [3.63, 3.8) is 0 Å². The molecule has 0 amide bonds. The first-order valence-electron chi connectivity index (χ1n) is 10.5. The molecule has 1 aliphatic rings. The van der Waals surface area contributed by atoms with Crippen LogP contribution in [0.25, 0.3) is 11.0 Å². The van der Waals surface area contributed by atoms with E-state index in [2.05, 4.69) is 0 Å². The number of carbonyl (C=O) groups is 3. The number of aryl methyl sites for hydroxylation is 1. The van der Waals surface area contributed by atoms with Crippen molar-refractivity contribution in [3.8, 4) is 0 Å². The molecule has 0 saturated carbocycles. The Morgan fingerprint density at radius 2 is 1.66 bits per heavy atom. The van der Waals surface area contributed by atoms with Crippen molar-refractivity contribution < 1.29 is 28.5 Å². The zero-order chi connectivity index (χ0) is 24.9. The maximum Gasteiger partial charge on any atom is 0.345 e. The molecular formula is C26H15NO8. The minimum Gasteiger partial charge on any atom is -0.457 e. The lowest BCUT2D eigenvalue weighted by Gasteiger charge is -2.18. The van der Waals surface area contributed by atoms with Gasteiger partial charge in [0.05, 0.1) is 4.92 Å². The summed E-state index contributed by atoms with van der Waals surface area (Å²) in [5, 5.41) is 12.5. The van der Waals surface area contributed by atoms with Crippen LogP contribution >= 0.6 is 0 Å². The van der Waals surface area contributed by atoms with Crippen LogP contribution in [0.4, 0.5) is 5.69 Å². The molecule has 172 valence electrons. The van der Waals surface area contributed by atoms with E-state index in [1.54, 1.807) is 30.3 Å². The molecule has 0 atom stereocenters. The van der Waals surface area contributed by atoms with Crippen LogP contribution in [-0.4, -0.2) is 22.5 Å². The van der Waals surface area contributed by atoms with Gasteiger partial charge in [-0.05, 0) is 30.7 Å². The standard InChI is InChI=1S/C26H15NO8/c1-13-6-7-15-14(11-21(28)35-20(15)10-13)12-34-26(31)19-9-8-18-22(23(19)27(32)33)25(30)17-5-3-2-4-16(17)24(18)29/h2-11H,12H2,1H3. The maximum atomic E-state index is 13.1.